The fraction of sp³-hybridized carbons (Fsp3) is 0.111. The molecule has 1 aromatic heterocycles. The number of halogens is 2. The standard InChI is InChI=1S/C9H8Cl2N2O2/c1-5(10)3-12-8-2-6(9(14)15)7(11)4-13-8/h2,4H,1,3H2,(H,12,13)(H,14,15). The Balaban J connectivity index is 2.87. The SMILES string of the molecule is C=C(Cl)CNc1cc(C(=O)O)c(Cl)cn1. The number of nitrogens with one attached hydrogen (secondary N) is 1. The van der Waals surface area contributed by atoms with Crippen LogP contribution >= 0.6 is 23.2 Å². The largest absolute Gasteiger partial charge is 0.478 e. The van der Waals surface area contributed by atoms with E-state index in [4.69, 9.17) is 28.3 Å². The van der Waals surface area contributed by atoms with Crippen LogP contribution in [0.25, 0.3) is 0 Å². The second-order valence-corrected chi connectivity index (χ2v) is 3.67. The summed E-state index contributed by atoms with van der Waals surface area (Å²) in [7, 11) is 0. The van der Waals surface area contributed by atoms with Gasteiger partial charge >= 0.3 is 5.97 Å². The van der Waals surface area contributed by atoms with Crippen molar-refractivity contribution in [2.75, 3.05) is 11.9 Å². The van der Waals surface area contributed by atoms with Gasteiger partial charge in [-0.2, -0.15) is 0 Å². The molecule has 0 atom stereocenters. The molecule has 0 radical (unpaired) electrons. The number of anilines is 1. The van der Waals surface area contributed by atoms with Gasteiger partial charge in [0, 0.05) is 11.2 Å². The highest BCUT2D eigenvalue weighted by atomic mass is 35.5. The molecule has 1 rings (SSSR count). The second-order valence-electron chi connectivity index (χ2n) is 2.73. The smallest absolute Gasteiger partial charge is 0.337 e. The van der Waals surface area contributed by atoms with Crippen LogP contribution < -0.4 is 5.32 Å². The number of carbonyl (C=O) groups is 1. The summed E-state index contributed by atoms with van der Waals surface area (Å²) < 4.78 is 0. The third-order valence-corrected chi connectivity index (χ3v) is 1.98. The van der Waals surface area contributed by atoms with Crippen LogP contribution in [0.3, 0.4) is 0 Å². The first-order valence-electron chi connectivity index (χ1n) is 3.96. The Labute approximate surface area is 96.5 Å². The van der Waals surface area contributed by atoms with Crippen LogP contribution in [-0.4, -0.2) is 22.6 Å². The Morgan fingerprint density at radius 2 is 2.33 bits per heavy atom. The van der Waals surface area contributed by atoms with Crippen LogP contribution in [-0.2, 0) is 0 Å². The number of hydrogen-bond donors (Lipinski definition) is 2. The lowest BCUT2D eigenvalue weighted by atomic mass is 10.2. The van der Waals surface area contributed by atoms with Gasteiger partial charge in [-0.05, 0) is 6.07 Å². The fourth-order valence-electron chi connectivity index (χ4n) is 0.886. The highest BCUT2D eigenvalue weighted by Gasteiger charge is 2.09. The molecular formula is C9H8Cl2N2O2. The molecule has 0 amide bonds. The first-order chi connectivity index (χ1) is 7.00. The zero-order valence-corrected chi connectivity index (χ0v) is 9.14. The highest BCUT2D eigenvalue weighted by molar-refractivity contribution is 6.33. The van der Waals surface area contributed by atoms with Crippen LogP contribution in [0.2, 0.25) is 5.02 Å². The third kappa shape index (κ3) is 3.42. The maximum absolute atomic E-state index is 10.7. The number of aromatic carboxylic acids is 1. The van der Waals surface area contributed by atoms with Crippen LogP contribution in [0, 0.1) is 0 Å². The molecule has 1 aromatic rings. The van der Waals surface area contributed by atoms with Crippen LogP contribution in [0.1, 0.15) is 10.4 Å². The van der Waals surface area contributed by atoms with Gasteiger partial charge < -0.3 is 10.4 Å². The molecule has 0 bridgehead atoms. The van der Waals surface area contributed by atoms with E-state index in [-0.39, 0.29) is 10.6 Å². The van der Waals surface area contributed by atoms with E-state index in [1.54, 1.807) is 0 Å². The molecule has 15 heavy (non-hydrogen) atoms. The van der Waals surface area contributed by atoms with Gasteiger partial charge in [0.25, 0.3) is 0 Å². The van der Waals surface area contributed by atoms with E-state index in [1.807, 2.05) is 0 Å². The Morgan fingerprint density at radius 1 is 1.67 bits per heavy atom. The number of nitrogens with zero attached hydrogens (tertiary/aromatic N) is 1. The van der Waals surface area contributed by atoms with Crippen LogP contribution in [0.15, 0.2) is 23.9 Å². The predicted octanol–water partition coefficient (Wildman–Crippen LogP) is 2.60. The summed E-state index contributed by atoms with van der Waals surface area (Å²) in [5, 5.41) is 12.1. The van der Waals surface area contributed by atoms with Gasteiger partial charge in [-0.25, -0.2) is 9.78 Å². The lowest BCUT2D eigenvalue weighted by Gasteiger charge is -2.05. The van der Waals surface area contributed by atoms with Gasteiger partial charge in [0.1, 0.15) is 5.82 Å². The summed E-state index contributed by atoms with van der Waals surface area (Å²) >= 11 is 11.2. The number of aromatic nitrogens is 1. The Hall–Kier alpha value is -1.26. The van der Waals surface area contributed by atoms with E-state index in [0.29, 0.717) is 17.4 Å². The van der Waals surface area contributed by atoms with Gasteiger partial charge in [0.15, 0.2) is 0 Å². The molecule has 80 valence electrons. The van der Waals surface area contributed by atoms with Crippen LogP contribution in [0.4, 0.5) is 5.82 Å². The van der Waals surface area contributed by atoms with Crippen molar-refractivity contribution in [1.82, 2.24) is 4.98 Å². The van der Waals surface area contributed by atoms with Gasteiger partial charge in [0.05, 0.1) is 17.1 Å². The van der Waals surface area contributed by atoms with E-state index in [1.165, 1.54) is 12.3 Å². The molecule has 0 saturated heterocycles. The highest BCUT2D eigenvalue weighted by Crippen LogP contribution is 2.18. The molecule has 0 aromatic carbocycles. The summed E-state index contributed by atoms with van der Waals surface area (Å²) in [5.74, 6) is -0.714. The maximum atomic E-state index is 10.7. The molecular weight excluding hydrogens is 239 g/mol. The summed E-state index contributed by atoms with van der Waals surface area (Å²) in [6.07, 6.45) is 1.27. The van der Waals surface area contributed by atoms with Gasteiger partial charge in [-0.15, -0.1) is 0 Å². The number of pyridine rings is 1. The molecule has 2 N–H and O–H groups in total. The molecule has 4 nitrogen and oxygen atoms in total. The number of rotatable bonds is 4. The van der Waals surface area contributed by atoms with Crippen molar-refractivity contribution in [3.63, 3.8) is 0 Å². The topological polar surface area (TPSA) is 62.2 Å². The molecule has 0 fully saturated rings. The summed E-state index contributed by atoms with van der Waals surface area (Å²) in [4.78, 5) is 14.6. The average molecular weight is 247 g/mol. The number of carboxylic acids is 1. The van der Waals surface area contributed by atoms with Crippen molar-refractivity contribution in [2.45, 2.75) is 0 Å². The van der Waals surface area contributed by atoms with Crippen molar-refractivity contribution >= 4 is 35.0 Å². The minimum absolute atomic E-state index is 0.00523. The zero-order chi connectivity index (χ0) is 11.4. The van der Waals surface area contributed by atoms with Gasteiger partial charge in [-0.1, -0.05) is 29.8 Å². The lowest BCUT2D eigenvalue weighted by Crippen LogP contribution is -2.05. The van der Waals surface area contributed by atoms with E-state index in [0.717, 1.165) is 0 Å². The second kappa shape index (κ2) is 5.00. The normalized spacial score (nSPS) is 9.73. The Bertz CT molecular complexity index is 407. The van der Waals surface area contributed by atoms with Crippen molar-refractivity contribution in [1.29, 1.82) is 0 Å². The third-order valence-electron chi connectivity index (χ3n) is 1.55. The van der Waals surface area contributed by atoms with Crippen molar-refractivity contribution in [2.24, 2.45) is 0 Å². The molecule has 0 spiro atoms. The van der Waals surface area contributed by atoms with E-state index in [2.05, 4.69) is 16.9 Å². The summed E-state index contributed by atoms with van der Waals surface area (Å²) in [5.41, 5.74) is -0.00523. The van der Waals surface area contributed by atoms with Crippen LogP contribution in [0.5, 0.6) is 0 Å². The molecule has 0 unspecified atom stereocenters. The fourth-order valence-corrected chi connectivity index (χ4v) is 1.14. The monoisotopic (exact) mass is 246 g/mol. The van der Waals surface area contributed by atoms with E-state index in [9.17, 15) is 4.79 Å². The minimum atomic E-state index is -1.10. The predicted molar refractivity (Wildman–Crippen MR) is 59.7 cm³/mol. The van der Waals surface area contributed by atoms with Gasteiger partial charge in [-0.3, -0.25) is 0 Å². The minimum Gasteiger partial charge on any atom is -0.478 e. The lowest BCUT2D eigenvalue weighted by molar-refractivity contribution is 0.0697. The average Bonchev–Trinajstić information content (AvgIpc) is 2.16. The zero-order valence-electron chi connectivity index (χ0n) is 7.63. The summed E-state index contributed by atoms with van der Waals surface area (Å²) in [6.45, 7) is 3.79. The Kier molecular flexibility index (Phi) is 3.94. The molecule has 6 heteroatoms. The van der Waals surface area contributed by atoms with E-state index < -0.39 is 5.97 Å². The van der Waals surface area contributed by atoms with Crippen molar-refractivity contribution in [3.8, 4) is 0 Å². The molecule has 0 aliphatic carbocycles. The molecule has 0 aliphatic heterocycles. The molecule has 1 heterocycles. The molecule has 0 saturated carbocycles. The van der Waals surface area contributed by atoms with Crippen molar-refractivity contribution in [3.05, 3.63) is 34.5 Å². The first-order valence-corrected chi connectivity index (χ1v) is 4.72. The quantitative estimate of drug-likeness (QED) is 0.858. The van der Waals surface area contributed by atoms with Gasteiger partial charge in [0.2, 0.25) is 0 Å². The van der Waals surface area contributed by atoms with Crippen molar-refractivity contribution < 1.29 is 9.90 Å². The Morgan fingerprint density at radius 3 is 2.87 bits per heavy atom. The number of carboxylic acid groups (broad SMARTS) is 1. The van der Waals surface area contributed by atoms with E-state index >= 15 is 0 Å². The molecule has 0 aliphatic rings. The number of hydrogen-bond acceptors (Lipinski definition) is 3. The summed E-state index contributed by atoms with van der Waals surface area (Å²) in [6, 6.07) is 1.34. The first kappa shape index (κ1) is 11.8. The maximum Gasteiger partial charge on any atom is 0.337 e.